The molecule has 0 aromatic heterocycles. The third-order valence-corrected chi connectivity index (χ3v) is 5.23. The van der Waals surface area contributed by atoms with Gasteiger partial charge in [0.05, 0.1) is 19.7 Å². The van der Waals surface area contributed by atoms with Crippen LogP contribution in [-0.4, -0.2) is 72.9 Å². The van der Waals surface area contributed by atoms with Gasteiger partial charge in [0.25, 0.3) is 0 Å². The van der Waals surface area contributed by atoms with E-state index in [1.54, 1.807) is 14.0 Å². The molecule has 2 amide bonds. The average molecular weight is 345 g/mol. The summed E-state index contributed by atoms with van der Waals surface area (Å²) in [5, 5.41) is 0. The van der Waals surface area contributed by atoms with E-state index in [0.717, 1.165) is 37.2 Å². The quantitative estimate of drug-likeness (QED) is 0.830. The summed E-state index contributed by atoms with van der Waals surface area (Å²) in [7, 11) is 1.66. The van der Waals surface area contributed by atoms with E-state index in [4.69, 9.17) is 4.74 Å². The zero-order valence-electron chi connectivity index (χ0n) is 15.1. The molecule has 0 saturated carbocycles. The van der Waals surface area contributed by atoms with Crippen molar-refractivity contribution in [3.8, 4) is 5.75 Å². The fourth-order valence-corrected chi connectivity index (χ4v) is 3.77. The Hall–Kier alpha value is -2.08. The molecule has 0 aliphatic carbocycles. The van der Waals surface area contributed by atoms with Gasteiger partial charge in [0, 0.05) is 45.2 Å². The van der Waals surface area contributed by atoms with Crippen molar-refractivity contribution in [2.75, 3.05) is 46.4 Å². The highest BCUT2D eigenvalue weighted by molar-refractivity contribution is 5.78. The molecule has 0 unspecified atom stereocenters. The zero-order valence-corrected chi connectivity index (χ0v) is 15.1. The second kappa shape index (κ2) is 7.87. The predicted octanol–water partition coefficient (Wildman–Crippen LogP) is 1.52. The van der Waals surface area contributed by atoms with Crippen molar-refractivity contribution in [1.82, 2.24) is 14.7 Å². The second-order valence-corrected chi connectivity index (χ2v) is 6.78. The molecule has 0 N–H and O–H groups in total. The van der Waals surface area contributed by atoms with Crippen molar-refractivity contribution in [3.05, 3.63) is 29.8 Å². The van der Waals surface area contributed by atoms with Crippen LogP contribution in [0.15, 0.2) is 24.3 Å². The third-order valence-electron chi connectivity index (χ3n) is 5.23. The third kappa shape index (κ3) is 3.95. The highest BCUT2D eigenvalue weighted by Crippen LogP contribution is 2.32. The minimum atomic E-state index is -0.0275. The van der Waals surface area contributed by atoms with Crippen LogP contribution in [0.25, 0.3) is 0 Å². The Morgan fingerprint density at radius 1 is 1.08 bits per heavy atom. The monoisotopic (exact) mass is 345 g/mol. The van der Waals surface area contributed by atoms with E-state index in [2.05, 4.69) is 4.90 Å². The number of carbonyl (C=O) groups excluding carboxylic acids is 2. The van der Waals surface area contributed by atoms with Crippen LogP contribution >= 0.6 is 0 Å². The Labute approximate surface area is 149 Å². The van der Waals surface area contributed by atoms with Gasteiger partial charge in [0.15, 0.2) is 0 Å². The Kier molecular flexibility index (Phi) is 5.58. The summed E-state index contributed by atoms with van der Waals surface area (Å²) in [5.41, 5.74) is 1.03. The number of amides is 2. The Morgan fingerprint density at radius 2 is 1.80 bits per heavy atom. The fourth-order valence-electron chi connectivity index (χ4n) is 3.77. The summed E-state index contributed by atoms with van der Waals surface area (Å²) < 4.78 is 5.52. The van der Waals surface area contributed by atoms with Crippen molar-refractivity contribution < 1.29 is 14.3 Å². The first-order chi connectivity index (χ1) is 12.1. The summed E-state index contributed by atoms with van der Waals surface area (Å²) in [6, 6.07) is 7.85. The van der Waals surface area contributed by atoms with E-state index in [-0.39, 0.29) is 17.9 Å². The molecule has 2 aliphatic heterocycles. The number of likely N-dealkylation sites (tertiary alicyclic amines) is 1. The smallest absolute Gasteiger partial charge is 0.236 e. The summed E-state index contributed by atoms with van der Waals surface area (Å²) in [6.45, 7) is 5.68. The van der Waals surface area contributed by atoms with E-state index < -0.39 is 0 Å². The van der Waals surface area contributed by atoms with Crippen molar-refractivity contribution in [3.63, 3.8) is 0 Å². The average Bonchev–Trinajstić information content (AvgIpc) is 3.16. The number of hydrogen-bond acceptors (Lipinski definition) is 4. The molecule has 6 heteroatoms. The normalized spacial score (nSPS) is 21.4. The number of piperazine rings is 1. The molecule has 3 rings (SSSR count). The van der Waals surface area contributed by atoms with Crippen molar-refractivity contribution in [1.29, 1.82) is 0 Å². The molecule has 2 heterocycles. The Morgan fingerprint density at radius 3 is 2.48 bits per heavy atom. The molecule has 0 radical (unpaired) electrons. The van der Waals surface area contributed by atoms with Crippen molar-refractivity contribution in [2.45, 2.75) is 25.8 Å². The highest BCUT2D eigenvalue weighted by Gasteiger charge is 2.33. The van der Waals surface area contributed by atoms with Crippen LogP contribution in [-0.2, 0) is 9.59 Å². The van der Waals surface area contributed by atoms with Gasteiger partial charge >= 0.3 is 0 Å². The van der Waals surface area contributed by atoms with Crippen LogP contribution < -0.4 is 4.74 Å². The molecule has 2 fully saturated rings. The lowest BCUT2D eigenvalue weighted by Gasteiger charge is -2.41. The van der Waals surface area contributed by atoms with Crippen LogP contribution in [0.2, 0.25) is 0 Å². The summed E-state index contributed by atoms with van der Waals surface area (Å²) in [5.74, 6) is 1.07. The lowest BCUT2D eigenvalue weighted by Crippen LogP contribution is -2.52. The number of para-hydroxylation sites is 1. The molecule has 0 bridgehead atoms. The van der Waals surface area contributed by atoms with Crippen LogP contribution in [0.3, 0.4) is 0 Å². The fraction of sp³-hybridized carbons (Fsp3) is 0.579. The maximum atomic E-state index is 12.6. The zero-order chi connectivity index (χ0) is 17.8. The first kappa shape index (κ1) is 17.7. The summed E-state index contributed by atoms with van der Waals surface area (Å²) >= 11 is 0. The van der Waals surface area contributed by atoms with Gasteiger partial charge in [-0.05, 0) is 18.9 Å². The van der Waals surface area contributed by atoms with Crippen molar-refractivity contribution >= 4 is 11.8 Å². The maximum absolute atomic E-state index is 12.6. The number of methoxy groups -OCH3 is 1. The molecule has 25 heavy (non-hydrogen) atoms. The molecule has 1 aromatic carbocycles. The van der Waals surface area contributed by atoms with Gasteiger partial charge in [-0.15, -0.1) is 0 Å². The number of ether oxygens (including phenoxy) is 1. The molecule has 136 valence electrons. The van der Waals surface area contributed by atoms with Crippen LogP contribution in [0.1, 0.15) is 31.4 Å². The Balaban J connectivity index is 1.81. The summed E-state index contributed by atoms with van der Waals surface area (Å²) in [4.78, 5) is 30.5. The van der Waals surface area contributed by atoms with Gasteiger partial charge in [-0.3, -0.25) is 14.5 Å². The number of benzene rings is 1. The van der Waals surface area contributed by atoms with Crippen LogP contribution in [0.5, 0.6) is 5.75 Å². The van der Waals surface area contributed by atoms with E-state index in [9.17, 15) is 9.59 Å². The van der Waals surface area contributed by atoms with Gasteiger partial charge in [-0.2, -0.15) is 0 Å². The standard InChI is InChI=1S/C19H27N3O3/c1-15(23)21-11-12-22(14-19(24)20-9-5-6-10-20)17(13-21)16-7-3-4-8-18(16)25-2/h3-4,7-8,17H,5-6,9-14H2,1-2H3/t17-/m1/s1. The van der Waals surface area contributed by atoms with Gasteiger partial charge in [-0.1, -0.05) is 18.2 Å². The van der Waals surface area contributed by atoms with Gasteiger partial charge in [-0.25, -0.2) is 0 Å². The van der Waals surface area contributed by atoms with Gasteiger partial charge in [0.1, 0.15) is 5.75 Å². The van der Waals surface area contributed by atoms with Crippen molar-refractivity contribution in [2.24, 2.45) is 0 Å². The first-order valence-corrected chi connectivity index (χ1v) is 9.00. The van der Waals surface area contributed by atoms with E-state index in [0.29, 0.717) is 26.2 Å². The van der Waals surface area contributed by atoms with E-state index >= 15 is 0 Å². The summed E-state index contributed by atoms with van der Waals surface area (Å²) in [6.07, 6.45) is 2.19. The van der Waals surface area contributed by atoms with E-state index in [1.807, 2.05) is 34.1 Å². The molecular formula is C19H27N3O3. The molecule has 6 nitrogen and oxygen atoms in total. The van der Waals surface area contributed by atoms with Gasteiger partial charge in [0.2, 0.25) is 11.8 Å². The van der Waals surface area contributed by atoms with Gasteiger partial charge < -0.3 is 14.5 Å². The number of hydrogen-bond donors (Lipinski definition) is 0. The maximum Gasteiger partial charge on any atom is 0.236 e. The van der Waals surface area contributed by atoms with Crippen LogP contribution in [0, 0.1) is 0 Å². The largest absolute Gasteiger partial charge is 0.496 e. The minimum absolute atomic E-state index is 0.0275. The number of rotatable bonds is 4. The molecule has 1 atom stereocenters. The Bertz CT molecular complexity index is 628. The highest BCUT2D eigenvalue weighted by atomic mass is 16.5. The lowest BCUT2D eigenvalue weighted by molar-refractivity contribution is -0.135. The molecule has 2 saturated heterocycles. The van der Waals surface area contributed by atoms with E-state index in [1.165, 1.54) is 0 Å². The predicted molar refractivity (Wildman–Crippen MR) is 95.4 cm³/mol. The minimum Gasteiger partial charge on any atom is -0.496 e. The molecule has 2 aliphatic rings. The molecule has 1 aromatic rings. The first-order valence-electron chi connectivity index (χ1n) is 9.00. The second-order valence-electron chi connectivity index (χ2n) is 6.78. The number of nitrogens with zero attached hydrogens (tertiary/aromatic N) is 3. The SMILES string of the molecule is COc1ccccc1[C@H]1CN(C(C)=O)CCN1CC(=O)N1CCCC1. The molecular weight excluding hydrogens is 318 g/mol. The topological polar surface area (TPSA) is 53.1 Å². The van der Waals surface area contributed by atoms with Crippen LogP contribution in [0.4, 0.5) is 0 Å². The number of carbonyl (C=O) groups is 2. The lowest BCUT2D eigenvalue weighted by atomic mass is 10.0. The molecule has 0 spiro atoms.